The van der Waals surface area contributed by atoms with E-state index in [-0.39, 0.29) is 17.7 Å². The van der Waals surface area contributed by atoms with Gasteiger partial charge in [0.15, 0.2) is 0 Å². The van der Waals surface area contributed by atoms with E-state index in [0.29, 0.717) is 17.7 Å². The van der Waals surface area contributed by atoms with Crippen LogP contribution in [0.4, 0.5) is 0 Å². The van der Waals surface area contributed by atoms with Crippen LogP contribution in [0.15, 0.2) is 36.4 Å². The number of phenolic OH excluding ortho intramolecular Hbond substituents is 1. The zero-order valence-electron chi connectivity index (χ0n) is 13.8. The highest BCUT2D eigenvalue weighted by Gasteiger charge is 2.40. The van der Waals surface area contributed by atoms with E-state index in [1.165, 1.54) is 12.8 Å². The van der Waals surface area contributed by atoms with Gasteiger partial charge in [-0.1, -0.05) is 12.1 Å². The smallest absolute Gasteiger partial charge is 0.267 e. The lowest BCUT2D eigenvalue weighted by Gasteiger charge is -2.49. The number of carbonyl (C=O) groups is 1. The highest BCUT2D eigenvalue weighted by Crippen LogP contribution is 2.32. The molecule has 4 heterocycles. The zero-order valence-corrected chi connectivity index (χ0v) is 13.8. The molecule has 3 aliphatic rings. The molecular weight excluding hydrogens is 302 g/mol. The molecule has 0 spiro atoms. The third kappa shape index (κ3) is 2.69. The van der Waals surface area contributed by atoms with Crippen molar-refractivity contribution in [1.29, 1.82) is 0 Å². The molecule has 2 atom stereocenters. The Morgan fingerprint density at radius 3 is 2.75 bits per heavy atom. The fourth-order valence-electron chi connectivity index (χ4n) is 4.14. The Balaban J connectivity index is 1.49. The number of carbonyl (C=O) groups excluding carboxylic acids is 1. The van der Waals surface area contributed by atoms with Gasteiger partial charge >= 0.3 is 0 Å². The van der Waals surface area contributed by atoms with Crippen molar-refractivity contribution in [3.8, 4) is 17.0 Å². The molecule has 2 aromatic rings. The van der Waals surface area contributed by atoms with Crippen molar-refractivity contribution in [3.63, 3.8) is 0 Å². The SMILES string of the molecule is CC1C(NC(=O)c2ccc(-c3cccc(O)c3)[nH]2)C2CCN1CC2. The lowest BCUT2D eigenvalue weighted by Crippen LogP contribution is -2.62. The monoisotopic (exact) mass is 325 g/mol. The molecule has 0 saturated carbocycles. The van der Waals surface area contributed by atoms with Crippen LogP contribution in [0.5, 0.6) is 5.75 Å². The van der Waals surface area contributed by atoms with Gasteiger partial charge in [-0.25, -0.2) is 0 Å². The summed E-state index contributed by atoms with van der Waals surface area (Å²) in [5.74, 6) is 0.760. The molecule has 1 aromatic carbocycles. The number of nitrogens with zero attached hydrogens (tertiary/aromatic N) is 1. The molecule has 5 heteroatoms. The lowest BCUT2D eigenvalue weighted by atomic mass is 9.79. The standard InChI is InChI=1S/C19H23N3O2/c1-12-18(13-7-9-22(12)10-8-13)21-19(24)17-6-5-16(20-17)14-3-2-4-15(23)11-14/h2-6,11-13,18,20,23H,7-10H2,1H3,(H,21,24). The molecule has 5 rings (SSSR count). The number of hydrogen-bond acceptors (Lipinski definition) is 3. The van der Waals surface area contributed by atoms with Crippen LogP contribution in [0.3, 0.4) is 0 Å². The molecule has 1 aromatic heterocycles. The highest BCUT2D eigenvalue weighted by atomic mass is 16.3. The number of hydrogen-bond donors (Lipinski definition) is 3. The van der Waals surface area contributed by atoms with Gasteiger partial charge < -0.3 is 15.4 Å². The van der Waals surface area contributed by atoms with Crippen LogP contribution in [0.25, 0.3) is 11.3 Å². The number of amides is 1. The Morgan fingerprint density at radius 1 is 1.25 bits per heavy atom. The third-order valence-corrected chi connectivity index (χ3v) is 5.56. The number of H-pyrrole nitrogens is 1. The molecule has 3 aliphatic heterocycles. The first-order valence-electron chi connectivity index (χ1n) is 8.65. The Kier molecular flexibility index (Phi) is 3.81. The number of aromatic amines is 1. The molecule has 3 fully saturated rings. The number of aromatic hydroxyl groups is 1. The van der Waals surface area contributed by atoms with Crippen molar-refractivity contribution >= 4 is 5.91 Å². The number of rotatable bonds is 3. The topological polar surface area (TPSA) is 68.4 Å². The summed E-state index contributed by atoms with van der Waals surface area (Å²) in [6, 6.07) is 11.3. The van der Waals surface area contributed by atoms with Crippen molar-refractivity contribution in [2.75, 3.05) is 13.1 Å². The number of nitrogens with one attached hydrogen (secondary N) is 2. The molecule has 2 unspecified atom stereocenters. The summed E-state index contributed by atoms with van der Waals surface area (Å²) in [6.45, 7) is 4.52. The van der Waals surface area contributed by atoms with Gasteiger partial charge in [-0.05, 0) is 63.0 Å². The average Bonchev–Trinajstić information content (AvgIpc) is 3.09. The van der Waals surface area contributed by atoms with E-state index < -0.39 is 0 Å². The van der Waals surface area contributed by atoms with E-state index in [9.17, 15) is 9.90 Å². The number of benzene rings is 1. The molecule has 3 N–H and O–H groups in total. The highest BCUT2D eigenvalue weighted by molar-refractivity contribution is 5.93. The molecule has 126 valence electrons. The van der Waals surface area contributed by atoms with E-state index in [1.54, 1.807) is 24.3 Å². The van der Waals surface area contributed by atoms with Crippen LogP contribution < -0.4 is 5.32 Å². The molecule has 0 radical (unpaired) electrons. The van der Waals surface area contributed by atoms with E-state index in [2.05, 4.69) is 22.1 Å². The van der Waals surface area contributed by atoms with E-state index >= 15 is 0 Å². The first-order chi connectivity index (χ1) is 11.6. The number of phenols is 1. The van der Waals surface area contributed by atoms with Gasteiger partial charge in [-0.2, -0.15) is 0 Å². The van der Waals surface area contributed by atoms with Crippen LogP contribution in [-0.4, -0.2) is 46.1 Å². The minimum Gasteiger partial charge on any atom is -0.508 e. The van der Waals surface area contributed by atoms with Crippen molar-refractivity contribution in [2.24, 2.45) is 5.92 Å². The molecule has 3 saturated heterocycles. The first-order valence-corrected chi connectivity index (χ1v) is 8.65. The largest absolute Gasteiger partial charge is 0.508 e. The lowest BCUT2D eigenvalue weighted by molar-refractivity contribution is 0.0216. The van der Waals surface area contributed by atoms with Crippen LogP contribution in [0.2, 0.25) is 0 Å². The Morgan fingerprint density at radius 2 is 2.04 bits per heavy atom. The molecule has 2 bridgehead atoms. The van der Waals surface area contributed by atoms with E-state index in [1.807, 2.05) is 12.1 Å². The van der Waals surface area contributed by atoms with Crippen molar-refractivity contribution < 1.29 is 9.90 Å². The van der Waals surface area contributed by atoms with Gasteiger partial charge in [0, 0.05) is 23.3 Å². The number of piperidine rings is 3. The maximum absolute atomic E-state index is 12.6. The van der Waals surface area contributed by atoms with Gasteiger partial charge in [0.1, 0.15) is 11.4 Å². The zero-order chi connectivity index (χ0) is 16.7. The van der Waals surface area contributed by atoms with Crippen LogP contribution in [0, 0.1) is 5.92 Å². The molecule has 24 heavy (non-hydrogen) atoms. The fraction of sp³-hybridized carbons (Fsp3) is 0.421. The minimum atomic E-state index is -0.0491. The second-order valence-corrected chi connectivity index (χ2v) is 6.95. The maximum Gasteiger partial charge on any atom is 0.267 e. The van der Waals surface area contributed by atoms with Gasteiger partial charge in [0.05, 0.1) is 0 Å². The van der Waals surface area contributed by atoms with Crippen LogP contribution >= 0.6 is 0 Å². The van der Waals surface area contributed by atoms with Gasteiger partial charge in [-0.15, -0.1) is 0 Å². The average molecular weight is 325 g/mol. The van der Waals surface area contributed by atoms with Gasteiger partial charge in [-0.3, -0.25) is 9.69 Å². The Labute approximate surface area is 141 Å². The third-order valence-electron chi connectivity index (χ3n) is 5.56. The molecule has 0 aliphatic carbocycles. The summed E-state index contributed by atoms with van der Waals surface area (Å²) in [6.07, 6.45) is 2.35. The van der Waals surface area contributed by atoms with Crippen LogP contribution in [-0.2, 0) is 0 Å². The van der Waals surface area contributed by atoms with Crippen molar-refractivity contribution in [3.05, 3.63) is 42.1 Å². The van der Waals surface area contributed by atoms with Crippen LogP contribution in [0.1, 0.15) is 30.3 Å². The Hall–Kier alpha value is -2.27. The summed E-state index contributed by atoms with van der Waals surface area (Å²) < 4.78 is 0. The number of aromatic nitrogens is 1. The van der Waals surface area contributed by atoms with Crippen molar-refractivity contribution in [2.45, 2.75) is 31.8 Å². The maximum atomic E-state index is 12.6. The summed E-state index contributed by atoms with van der Waals surface area (Å²) >= 11 is 0. The summed E-state index contributed by atoms with van der Waals surface area (Å²) in [4.78, 5) is 18.3. The number of fused-ring (bicyclic) bond motifs is 3. The summed E-state index contributed by atoms with van der Waals surface area (Å²) in [5, 5.41) is 12.8. The summed E-state index contributed by atoms with van der Waals surface area (Å²) in [5.41, 5.74) is 2.26. The first kappa shape index (κ1) is 15.3. The summed E-state index contributed by atoms with van der Waals surface area (Å²) in [7, 11) is 0. The minimum absolute atomic E-state index is 0.0491. The van der Waals surface area contributed by atoms with Gasteiger partial charge in [0.25, 0.3) is 5.91 Å². The van der Waals surface area contributed by atoms with Gasteiger partial charge in [0.2, 0.25) is 0 Å². The van der Waals surface area contributed by atoms with E-state index in [0.717, 1.165) is 24.3 Å². The van der Waals surface area contributed by atoms with E-state index in [4.69, 9.17) is 0 Å². The second kappa shape index (κ2) is 5.98. The quantitative estimate of drug-likeness (QED) is 0.812. The predicted molar refractivity (Wildman–Crippen MR) is 92.9 cm³/mol. The predicted octanol–water partition coefficient (Wildman–Crippen LogP) is 2.60. The molecule has 5 nitrogen and oxygen atoms in total. The fourth-order valence-corrected chi connectivity index (χ4v) is 4.14. The second-order valence-electron chi connectivity index (χ2n) is 6.95. The normalized spacial score (nSPS) is 28.7. The molecule has 1 amide bonds. The molecular formula is C19H23N3O2. The van der Waals surface area contributed by atoms with Crippen molar-refractivity contribution in [1.82, 2.24) is 15.2 Å². The Bertz CT molecular complexity index is 745.